The first-order valence-electron chi connectivity index (χ1n) is 10.2. The van der Waals surface area contributed by atoms with E-state index in [4.69, 9.17) is 4.74 Å². The highest BCUT2D eigenvalue weighted by Gasteiger charge is 2.32. The highest BCUT2D eigenvalue weighted by molar-refractivity contribution is 6.34. The zero-order valence-corrected chi connectivity index (χ0v) is 17.3. The first-order valence-corrected chi connectivity index (χ1v) is 10.2. The number of non-ortho nitro benzene ring substituents is 1. The molecule has 0 spiro atoms. The fraction of sp³-hybridized carbons (Fsp3) is 0.400. The number of piperazine rings is 1. The van der Waals surface area contributed by atoms with Crippen LogP contribution in [0.4, 0.5) is 5.69 Å². The summed E-state index contributed by atoms with van der Waals surface area (Å²) < 4.78 is 6.67. The molecule has 1 aromatic carbocycles. The largest absolute Gasteiger partial charge is 0.378 e. The molecule has 32 heavy (non-hydrogen) atoms. The van der Waals surface area contributed by atoms with Gasteiger partial charge in [-0.1, -0.05) is 0 Å². The van der Waals surface area contributed by atoms with Crippen LogP contribution in [0.15, 0.2) is 36.5 Å². The number of hydrogen-bond donors (Lipinski definition) is 0. The van der Waals surface area contributed by atoms with Gasteiger partial charge in [0.25, 0.3) is 11.6 Å². The monoisotopic (exact) mass is 442 g/mol. The zero-order chi connectivity index (χ0) is 22.7. The molecule has 0 bridgehead atoms. The number of nitrogens with zero attached hydrogens (tertiary/aromatic N) is 6. The molecule has 2 aliphatic heterocycles. The van der Waals surface area contributed by atoms with Crippen molar-refractivity contribution in [1.29, 1.82) is 0 Å². The normalized spacial score (nSPS) is 16.7. The molecule has 1 aromatic heterocycles. The highest BCUT2D eigenvalue weighted by atomic mass is 16.6. The fourth-order valence-electron chi connectivity index (χ4n) is 3.62. The molecule has 2 fully saturated rings. The van der Waals surface area contributed by atoms with Gasteiger partial charge >= 0.3 is 11.8 Å². The number of rotatable bonds is 3. The summed E-state index contributed by atoms with van der Waals surface area (Å²) in [6.07, 6.45) is 1.61. The molecule has 0 N–H and O–H groups in total. The molecule has 2 aromatic rings. The standard InChI is InChI=1S/C20H22N6O6/c27-18(17-5-6-25(21-17)15-1-3-16(4-2-15)26(30)31)22-7-9-23(10-8-22)19(28)20(29)24-11-13-32-14-12-24/h1-6H,7-14H2. The van der Waals surface area contributed by atoms with Crippen LogP contribution in [0.5, 0.6) is 0 Å². The summed E-state index contributed by atoms with van der Waals surface area (Å²) in [6.45, 7) is 2.78. The van der Waals surface area contributed by atoms with Gasteiger partial charge in [0.05, 0.1) is 23.8 Å². The SMILES string of the molecule is O=C(C(=O)N1CCN(C(=O)c2ccn(-c3ccc([N+](=O)[O-])cc3)n2)CC1)N1CCOCC1. The second-order valence-corrected chi connectivity index (χ2v) is 7.41. The Hall–Kier alpha value is -3.80. The third kappa shape index (κ3) is 4.44. The molecule has 0 atom stereocenters. The van der Waals surface area contributed by atoms with Crippen LogP contribution < -0.4 is 0 Å². The lowest BCUT2D eigenvalue weighted by Gasteiger charge is -2.35. The minimum atomic E-state index is -0.554. The summed E-state index contributed by atoms with van der Waals surface area (Å²) >= 11 is 0. The molecule has 2 aliphatic rings. The number of hydrogen-bond acceptors (Lipinski definition) is 7. The second kappa shape index (κ2) is 9.14. The number of morpholine rings is 1. The maximum atomic E-state index is 12.8. The third-order valence-electron chi connectivity index (χ3n) is 5.47. The van der Waals surface area contributed by atoms with Crippen LogP contribution >= 0.6 is 0 Å². The van der Waals surface area contributed by atoms with Crippen molar-refractivity contribution in [1.82, 2.24) is 24.5 Å². The first kappa shape index (κ1) is 21.4. The summed E-state index contributed by atoms with van der Waals surface area (Å²) in [5.74, 6) is -1.37. The Balaban J connectivity index is 1.34. The number of ether oxygens (including phenoxy) is 1. The number of carbonyl (C=O) groups excluding carboxylic acids is 3. The molecule has 4 rings (SSSR count). The van der Waals surface area contributed by atoms with Crippen LogP contribution in [-0.2, 0) is 14.3 Å². The first-order chi connectivity index (χ1) is 15.4. The Morgan fingerprint density at radius 1 is 0.844 bits per heavy atom. The number of carbonyl (C=O) groups is 3. The average molecular weight is 442 g/mol. The molecule has 0 saturated carbocycles. The molecule has 3 amide bonds. The second-order valence-electron chi connectivity index (χ2n) is 7.41. The lowest BCUT2D eigenvalue weighted by molar-refractivity contribution is -0.384. The van der Waals surface area contributed by atoms with Gasteiger partial charge in [-0.3, -0.25) is 24.5 Å². The molecule has 2 saturated heterocycles. The predicted octanol–water partition coefficient (Wildman–Crippen LogP) is -0.0763. The van der Waals surface area contributed by atoms with Crippen molar-refractivity contribution in [3.05, 3.63) is 52.3 Å². The quantitative estimate of drug-likeness (QED) is 0.369. The van der Waals surface area contributed by atoms with Gasteiger partial charge in [-0.25, -0.2) is 4.68 Å². The van der Waals surface area contributed by atoms with E-state index in [1.54, 1.807) is 29.3 Å². The lowest BCUT2D eigenvalue weighted by atomic mass is 10.2. The van der Waals surface area contributed by atoms with Crippen LogP contribution in [0.2, 0.25) is 0 Å². The average Bonchev–Trinajstić information content (AvgIpc) is 3.34. The summed E-state index contributed by atoms with van der Waals surface area (Å²) in [7, 11) is 0. The van der Waals surface area contributed by atoms with E-state index in [1.165, 1.54) is 26.6 Å². The van der Waals surface area contributed by atoms with E-state index in [9.17, 15) is 24.5 Å². The molecule has 0 aliphatic carbocycles. The van der Waals surface area contributed by atoms with Crippen LogP contribution in [-0.4, -0.2) is 99.6 Å². The van der Waals surface area contributed by atoms with E-state index in [0.29, 0.717) is 45.1 Å². The third-order valence-corrected chi connectivity index (χ3v) is 5.47. The topological polar surface area (TPSA) is 131 Å². The van der Waals surface area contributed by atoms with Gasteiger partial charge in [0, 0.05) is 57.6 Å². The van der Waals surface area contributed by atoms with Gasteiger partial charge < -0.3 is 19.4 Å². The summed E-state index contributed by atoms with van der Waals surface area (Å²) in [5, 5.41) is 15.1. The van der Waals surface area contributed by atoms with Crippen molar-refractivity contribution in [2.75, 3.05) is 52.5 Å². The Morgan fingerprint density at radius 3 is 2.00 bits per heavy atom. The molecule has 3 heterocycles. The minimum absolute atomic E-state index is 0.0308. The smallest absolute Gasteiger partial charge is 0.312 e. The lowest BCUT2D eigenvalue weighted by Crippen LogP contribution is -2.55. The van der Waals surface area contributed by atoms with Crippen LogP contribution in [0, 0.1) is 10.1 Å². The molecule has 0 unspecified atom stereocenters. The molecular formula is C20H22N6O6. The van der Waals surface area contributed by atoms with Crippen molar-refractivity contribution in [2.24, 2.45) is 0 Å². The Bertz CT molecular complexity index is 1020. The van der Waals surface area contributed by atoms with Crippen molar-refractivity contribution in [3.63, 3.8) is 0 Å². The van der Waals surface area contributed by atoms with Crippen LogP contribution in [0.25, 0.3) is 5.69 Å². The van der Waals surface area contributed by atoms with Gasteiger partial charge in [-0.05, 0) is 18.2 Å². The highest BCUT2D eigenvalue weighted by Crippen LogP contribution is 2.16. The maximum Gasteiger partial charge on any atom is 0.312 e. The van der Waals surface area contributed by atoms with Gasteiger partial charge in [-0.2, -0.15) is 5.10 Å². The summed E-state index contributed by atoms with van der Waals surface area (Å²) in [6, 6.07) is 7.41. The van der Waals surface area contributed by atoms with E-state index in [0.717, 1.165) is 0 Å². The van der Waals surface area contributed by atoms with Crippen molar-refractivity contribution >= 4 is 23.4 Å². The van der Waals surface area contributed by atoms with Gasteiger partial charge in [0.15, 0.2) is 5.69 Å². The fourth-order valence-corrected chi connectivity index (χ4v) is 3.62. The Labute approximate surface area is 183 Å². The van der Waals surface area contributed by atoms with Gasteiger partial charge in [0.2, 0.25) is 0 Å². The van der Waals surface area contributed by atoms with Crippen molar-refractivity contribution < 1.29 is 24.0 Å². The number of aromatic nitrogens is 2. The maximum absolute atomic E-state index is 12.8. The van der Waals surface area contributed by atoms with Crippen molar-refractivity contribution in [2.45, 2.75) is 0 Å². The van der Waals surface area contributed by atoms with Crippen LogP contribution in [0.1, 0.15) is 10.5 Å². The number of nitro benzene ring substituents is 1. The van der Waals surface area contributed by atoms with E-state index in [1.807, 2.05) is 0 Å². The number of benzene rings is 1. The van der Waals surface area contributed by atoms with Crippen molar-refractivity contribution in [3.8, 4) is 5.69 Å². The van der Waals surface area contributed by atoms with Gasteiger partial charge in [-0.15, -0.1) is 0 Å². The van der Waals surface area contributed by atoms with E-state index in [-0.39, 0.29) is 30.4 Å². The predicted molar refractivity (Wildman–Crippen MR) is 110 cm³/mol. The van der Waals surface area contributed by atoms with E-state index >= 15 is 0 Å². The zero-order valence-electron chi connectivity index (χ0n) is 17.3. The van der Waals surface area contributed by atoms with Crippen LogP contribution in [0.3, 0.4) is 0 Å². The summed E-state index contributed by atoms with van der Waals surface area (Å²) in [4.78, 5) is 52.5. The Morgan fingerprint density at radius 2 is 1.41 bits per heavy atom. The molecule has 0 radical (unpaired) electrons. The van der Waals surface area contributed by atoms with E-state index in [2.05, 4.69) is 5.10 Å². The number of amides is 3. The number of nitro groups is 1. The van der Waals surface area contributed by atoms with E-state index < -0.39 is 16.7 Å². The molecule has 12 nitrogen and oxygen atoms in total. The minimum Gasteiger partial charge on any atom is -0.378 e. The molecular weight excluding hydrogens is 420 g/mol. The molecule has 12 heteroatoms. The summed E-state index contributed by atoms with van der Waals surface area (Å²) in [5.41, 5.74) is 0.788. The Kier molecular flexibility index (Phi) is 6.12. The molecule has 168 valence electrons. The van der Waals surface area contributed by atoms with Gasteiger partial charge in [0.1, 0.15) is 0 Å².